The van der Waals surface area contributed by atoms with Gasteiger partial charge in [0.05, 0.1) is 51.1 Å². The maximum atomic E-state index is 15.1. The van der Waals surface area contributed by atoms with Crippen molar-refractivity contribution in [3.63, 3.8) is 0 Å². The van der Waals surface area contributed by atoms with Crippen molar-refractivity contribution in [2.75, 3.05) is 62.8 Å². The number of cyclic esters (lactones) is 1. The van der Waals surface area contributed by atoms with Crippen LogP contribution >= 0.6 is 0 Å². The van der Waals surface area contributed by atoms with Gasteiger partial charge in [-0.2, -0.15) is 0 Å². The van der Waals surface area contributed by atoms with Crippen LogP contribution in [0.5, 0.6) is 5.75 Å². The van der Waals surface area contributed by atoms with Gasteiger partial charge in [0.2, 0.25) is 0 Å². The first-order chi connectivity index (χ1) is 19.2. The number of rotatable bonds is 7. The molecule has 2 aromatic carbocycles. The average molecular weight is 580 g/mol. The van der Waals surface area contributed by atoms with Gasteiger partial charge in [0, 0.05) is 25.2 Å². The van der Waals surface area contributed by atoms with Gasteiger partial charge in [0.25, 0.3) is 11.8 Å². The third-order valence-electron chi connectivity index (χ3n) is 6.17. The molecule has 1 atom stereocenters. The van der Waals surface area contributed by atoms with Crippen molar-refractivity contribution in [1.82, 2.24) is 15.7 Å². The van der Waals surface area contributed by atoms with Crippen LogP contribution in [0.2, 0.25) is 0 Å². The molecule has 2 aliphatic rings. The van der Waals surface area contributed by atoms with Gasteiger partial charge in [-0.05, 0) is 12.1 Å². The van der Waals surface area contributed by atoms with Gasteiger partial charge in [-0.3, -0.25) is 19.3 Å². The van der Waals surface area contributed by atoms with Gasteiger partial charge < -0.3 is 30.1 Å². The Balaban J connectivity index is 0.00000462. The fraction of sp³-hybridized carbons (Fsp3) is 0.385. The maximum Gasteiger partial charge on any atom is 0.414 e. The highest BCUT2D eigenvalue weighted by Gasteiger charge is 2.34. The Morgan fingerprint density at radius 1 is 1.10 bits per heavy atom. The number of hydroxylamine groups is 2. The number of phenols is 1. The van der Waals surface area contributed by atoms with Crippen LogP contribution in [-0.2, 0) is 19.1 Å². The Morgan fingerprint density at radius 2 is 1.80 bits per heavy atom. The number of hydrogen-bond donors (Lipinski definition) is 3. The van der Waals surface area contributed by atoms with Gasteiger partial charge in [0.15, 0.2) is 11.6 Å². The van der Waals surface area contributed by atoms with Gasteiger partial charge >= 0.3 is 12.2 Å². The SMILES string of the molecule is C.COC(=O)NC[C@H]1CN(c2cc(F)c(N3CCON(C(=O)CNC(=O)c4ccccc4O)CC3)c(F)c2)C(=O)O1. The molecule has 0 aromatic heterocycles. The van der Waals surface area contributed by atoms with Gasteiger partial charge in [-0.25, -0.2) is 23.4 Å². The van der Waals surface area contributed by atoms with Crippen molar-refractivity contribution in [3.8, 4) is 5.75 Å². The summed E-state index contributed by atoms with van der Waals surface area (Å²) in [6.07, 6.45) is -2.28. The number of nitrogens with zero attached hydrogens (tertiary/aromatic N) is 3. The monoisotopic (exact) mass is 579 g/mol. The zero-order valence-electron chi connectivity index (χ0n) is 21.4. The summed E-state index contributed by atoms with van der Waals surface area (Å²) < 4.78 is 39.9. The summed E-state index contributed by atoms with van der Waals surface area (Å²) in [5.74, 6) is -3.35. The topological polar surface area (TPSA) is 150 Å². The Kier molecular flexibility index (Phi) is 10.2. The summed E-state index contributed by atoms with van der Waals surface area (Å²) in [6.45, 7) is -0.581. The van der Waals surface area contributed by atoms with Crippen molar-refractivity contribution >= 4 is 35.4 Å². The van der Waals surface area contributed by atoms with Crippen LogP contribution < -0.4 is 20.4 Å². The van der Waals surface area contributed by atoms with Crippen LogP contribution in [0.1, 0.15) is 17.8 Å². The number of aromatic hydroxyl groups is 1. The van der Waals surface area contributed by atoms with Crippen molar-refractivity contribution in [1.29, 1.82) is 0 Å². The number of nitrogens with one attached hydrogen (secondary N) is 2. The highest BCUT2D eigenvalue weighted by Crippen LogP contribution is 2.31. The molecule has 2 aromatic rings. The number of halogens is 2. The van der Waals surface area contributed by atoms with E-state index in [-0.39, 0.29) is 69.4 Å². The third-order valence-corrected chi connectivity index (χ3v) is 6.17. The van der Waals surface area contributed by atoms with E-state index in [0.717, 1.165) is 22.1 Å². The fourth-order valence-electron chi connectivity index (χ4n) is 4.19. The molecule has 4 rings (SSSR count). The molecular formula is C26H31F2N5O8. The van der Waals surface area contributed by atoms with Crippen molar-refractivity contribution in [3.05, 3.63) is 53.6 Å². The quantitative estimate of drug-likeness (QED) is 0.448. The molecule has 2 saturated heterocycles. The summed E-state index contributed by atoms with van der Waals surface area (Å²) in [5.41, 5.74) is -0.415. The Hall–Kier alpha value is -4.66. The first-order valence-corrected chi connectivity index (χ1v) is 12.2. The predicted octanol–water partition coefficient (Wildman–Crippen LogP) is 2.00. The molecule has 15 heteroatoms. The van der Waals surface area contributed by atoms with E-state index in [1.807, 2.05) is 0 Å². The lowest BCUT2D eigenvalue weighted by Gasteiger charge is -2.24. The normalized spacial score (nSPS) is 16.8. The highest BCUT2D eigenvalue weighted by molar-refractivity contribution is 5.98. The maximum absolute atomic E-state index is 15.1. The van der Waals surface area contributed by atoms with Crippen molar-refractivity contribution in [2.24, 2.45) is 0 Å². The lowest BCUT2D eigenvalue weighted by molar-refractivity contribution is -0.180. The second-order valence-corrected chi connectivity index (χ2v) is 8.76. The minimum atomic E-state index is -0.936. The number of anilines is 2. The number of para-hydroxylation sites is 1. The number of alkyl carbamates (subject to hydrolysis) is 1. The summed E-state index contributed by atoms with van der Waals surface area (Å²) >= 11 is 0. The van der Waals surface area contributed by atoms with E-state index in [9.17, 15) is 24.3 Å². The van der Waals surface area contributed by atoms with Gasteiger partial charge in [-0.1, -0.05) is 19.6 Å². The molecule has 2 heterocycles. The Bertz CT molecular complexity index is 1270. The van der Waals surface area contributed by atoms with Crippen LogP contribution in [0.15, 0.2) is 36.4 Å². The van der Waals surface area contributed by atoms with Crippen LogP contribution in [-0.4, -0.2) is 93.3 Å². The second kappa shape index (κ2) is 13.6. The average Bonchev–Trinajstić information content (AvgIpc) is 3.14. The first kappa shape index (κ1) is 30.9. The standard InChI is InChI=1S/C25H27F2N5O8.CH4/c1-38-24(36)29-12-16-14-31(25(37)40-16)15-10-18(26)22(19(27)11-15)30-6-7-32(39-9-8-30)21(34)13-28-23(35)17-4-2-3-5-20(17)33;/h2-5,10-11,16,33H,6-9,12-14H2,1H3,(H,28,35)(H,29,36);1H4/t16-;/m0./s1. The molecule has 0 saturated carbocycles. The number of phenolic OH excluding ortho intramolecular Hbond substituents is 1. The molecule has 3 N–H and O–H groups in total. The fourth-order valence-corrected chi connectivity index (χ4v) is 4.19. The lowest BCUT2D eigenvalue weighted by Crippen LogP contribution is -2.41. The zero-order chi connectivity index (χ0) is 28.8. The molecule has 13 nitrogen and oxygen atoms in total. The van der Waals surface area contributed by atoms with E-state index in [1.54, 1.807) is 12.1 Å². The minimum absolute atomic E-state index is 0. The van der Waals surface area contributed by atoms with Crippen molar-refractivity contribution < 1.29 is 47.4 Å². The van der Waals surface area contributed by atoms with Crippen LogP contribution in [0, 0.1) is 11.6 Å². The third kappa shape index (κ3) is 7.30. The summed E-state index contributed by atoms with van der Waals surface area (Å²) in [4.78, 5) is 56.2. The second-order valence-electron chi connectivity index (χ2n) is 8.76. The first-order valence-electron chi connectivity index (χ1n) is 12.2. The van der Waals surface area contributed by atoms with E-state index in [1.165, 1.54) is 24.1 Å². The number of ether oxygens (including phenoxy) is 2. The molecule has 2 fully saturated rings. The molecule has 0 aliphatic carbocycles. The van der Waals surface area contributed by atoms with Crippen molar-refractivity contribution in [2.45, 2.75) is 13.5 Å². The Labute approximate surface area is 234 Å². The number of methoxy groups -OCH3 is 1. The number of carbonyl (C=O) groups excluding carboxylic acids is 4. The van der Waals surface area contributed by atoms with E-state index in [4.69, 9.17) is 9.57 Å². The molecule has 41 heavy (non-hydrogen) atoms. The van der Waals surface area contributed by atoms with Crippen LogP contribution in [0.3, 0.4) is 0 Å². The molecule has 222 valence electrons. The van der Waals surface area contributed by atoms with Crippen LogP contribution in [0.4, 0.5) is 29.7 Å². The molecule has 0 spiro atoms. The molecule has 2 aliphatic heterocycles. The van der Waals surface area contributed by atoms with Crippen LogP contribution in [0.25, 0.3) is 0 Å². The van der Waals surface area contributed by atoms with E-state index < -0.39 is 48.3 Å². The number of carbonyl (C=O) groups is 4. The number of amides is 4. The lowest BCUT2D eigenvalue weighted by atomic mass is 10.2. The molecule has 0 unspecified atom stereocenters. The number of hydrogen-bond acceptors (Lipinski definition) is 9. The highest BCUT2D eigenvalue weighted by atomic mass is 19.1. The molecule has 4 amide bonds. The smallest absolute Gasteiger partial charge is 0.414 e. The summed E-state index contributed by atoms with van der Waals surface area (Å²) in [5, 5.41) is 15.6. The van der Waals surface area contributed by atoms with Gasteiger partial charge in [0.1, 0.15) is 17.5 Å². The molecular weight excluding hydrogens is 548 g/mol. The van der Waals surface area contributed by atoms with E-state index in [0.29, 0.717) is 0 Å². The predicted molar refractivity (Wildman–Crippen MR) is 141 cm³/mol. The van der Waals surface area contributed by atoms with E-state index in [2.05, 4.69) is 15.4 Å². The molecule has 0 bridgehead atoms. The summed E-state index contributed by atoms with van der Waals surface area (Å²) in [7, 11) is 1.18. The van der Waals surface area contributed by atoms with E-state index >= 15 is 8.78 Å². The van der Waals surface area contributed by atoms with Gasteiger partial charge in [-0.15, -0.1) is 0 Å². The largest absolute Gasteiger partial charge is 0.507 e. The molecule has 0 radical (unpaired) electrons. The number of benzene rings is 2. The summed E-state index contributed by atoms with van der Waals surface area (Å²) in [6, 6.07) is 7.85. The zero-order valence-corrected chi connectivity index (χ0v) is 21.4. The Morgan fingerprint density at radius 3 is 2.49 bits per heavy atom. The minimum Gasteiger partial charge on any atom is -0.507 e.